The average molecular weight is 418 g/mol. The van der Waals surface area contributed by atoms with Crippen molar-refractivity contribution in [1.82, 2.24) is 14.1 Å². The summed E-state index contributed by atoms with van der Waals surface area (Å²) in [5.41, 5.74) is 0. The van der Waals surface area contributed by atoms with E-state index in [-0.39, 0.29) is 24.0 Å². The van der Waals surface area contributed by atoms with E-state index in [1.165, 1.54) is 6.26 Å². The standard InChI is InChI=1S/C12H26N4O2S.HI/c1-14(2)12(15(3)4)13-10-11-6-8-16(9-7-11)19(5,17)18;/h11H,6-10H2,1-5H3;1H. The second-order valence-electron chi connectivity index (χ2n) is 5.53. The van der Waals surface area contributed by atoms with Crippen molar-refractivity contribution >= 4 is 40.0 Å². The van der Waals surface area contributed by atoms with E-state index in [9.17, 15) is 8.42 Å². The van der Waals surface area contributed by atoms with Crippen molar-refractivity contribution in [2.45, 2.75) is 12.8 Å². The fourth-order valence-corrected chi connectivity index (χ4v) is 3.19. The Balaban J connectivity index is 0.00000361. The van der Waals surface area contributed by atoms with Gasteiger partial charge in [0.25, 0.3) is 0 Å². The number of nitrogens with zero attached hydrogens (tertiary/aromatic N) is 4. The van der Waals surface area contributed by atoms with E-state index in [1.807, 2.05) is 38.0 Å². The molecule has 0 spiro atoms. The molecular weight excluding hydrogens is 391 g/mol. The highest BCUT2D eigenvalue weighted by Gasteiger charge is 2.24. The first-order chi connectivity index (χ1) is 8.71. The minimum absolute atomic E-state index is 0. The maximum Gasteiger partial charge on any atom is 0.211 e. The van der Waals surface area contributed by atoms with Crippen molar-refractivity contribution in [3.8, 4) is 0 Å². The molecule has 0 aliphatic carbocycles. The molecule has 1 fully saturated rings. The van der Waals surface area contributed by atoms with Crippen molar-refractivity contribution in [3.05, 3.63) is 0 Å². The predicted molar refractivity (Wildman–Crippen MR) is 94.2 cm³/mol. The SMILES string of the molecule is CN(C)C(=NCC1CCN(S(C)(=O)=O)CC1)N(C)C.I. The van der Waals surface area contributed by atoms with Gasteiger partial charge in [-0.05, 0) is 18.8 Å². The lowest BCUT2D eigenvalue weighted by molar-refractivity contribution is 0.279. The summed E-state index contributed by atoms with van der Waals surface area (Å²) >= 11 is 0. The first kappa shape index (κ1) is 19.9. The van der Waals surface area contributed by atoms with Crippen LogP contribution in [0.2, 0.25) is 0 Å². The lowest BCUT2D eigenvalue weighted by Crippen LogP contribution is -2.39. The Labute approximate surface area is 140 Å². The minimum Gasteiger partial charge on any atom is -0.349 e. The molecule has 1 heterocycles. The molecule has 0 saturated carbocycles. The number of sulfonamides is 1. The zero-order valence-corrected chi connectivity index (χ0v) is 16.2. The number of hydrogen-bond donors (Lipinski definition) is 0. The van der Waals surface area contributed by atoms with Crippen LogP contribution in [0.5, 0.6) is 0 Å². The van der Waals surface area contributed by atoms with Crippen LogP contribution in [0.25, 0.3) is 0 Å². The van der Waals surface area contributed by atoms with Gasteiger partial charge in [-0.2, -0.15) is 0 Å². The molecule has 20 heavy (non-hydrogen) atoms. The Hall–Kier alpha value is -0.0900. The van der Waals surface area contributed by atoms with Gasteiger partial charge in [0.2, 0.25) is 10.0 Å². The quantitative estimate of drug-likeness (QED) is 0.386. The van der Waals surface area contributed by atoms with Crippen molar-refractivity contribution in [1.29, 1.82) is 0 Å². The van der Waals surface area contributed by atoms with E-state index in [0.717, 1.165) is 25.3 Å². The van der Waals surface area contributed by atoms with E-state index < -0.39 is 10.0 Å². The first-order valence-electron chi connectivity index (χ1n) is 6.56. The molecule has 120 valence electrons. The van der Waals surface area contributed by atoms with E-state index >= 15 is 0 Å². The van der Waals surface area contributed by atoms with Gasteiger partial charge in [0.1, 0.15) is 0 Å². The van der Waals surface area contributed by atoms with Crippen LogP contribution >= 0.6 is 24.0 Å². The summed E-state index contributed by atoms with van der Waals surface area (Å²) in [5.74, 6) is 1.43. The third kappa shape index (κ3) is 6.13. The Morgan fingerprint density at radius 3 is 1.95 bits per heavy atom. The van der Waals surface area contributed by atoms with Crippen LogP contribution in [-0.2, 0) is 10.0 Å². The number of guanidine groups is 1. The van der Waals surface area contributed by atoms with Crippen molar-refractivity contribution in [2.75, 3.05) is 54.1 Å². The largest absolute Gasteiger partial charge is 0.349 e. The van der Waals surface area contributed by atoms with Gasteiger partial charge in [0.05, 0.1) is 6.26 Å². The summed E-state index contributed by atoms with van der Waals surface area (Å²) in [6, 6.07) is 0. The third-order valence-corrected chi connectivity index (χ3v) is 4.64. The van der Waals surface area contributed by atoms with Crippen LogP contribution < -0.4 is 0 Å². The molecule has 1 aliphatic rings. The molecule has 8 heteroatoms. The highest BCUT2D eigenvalue weighted by Crippen LogP contribution is 2.19. The van der Waals surface area contributed by atoms with Crippen molar-refractivity contribution in [2.24, 2.45) is 10.9 Å². The number of aliphatic imine (C=N–C) groups is 1. The fraction of sp³-hybridized carbons (Fsp3) is 0.917. The predicted octanol–water partition coefficient (Wildman–Crippen LogP) is 0.755. The topological polar surface area (TPSA) is 56.2 Å². The van der Waals surface area contributed by atoms with Crippen LogP contribution in [0.3, 0.4) is 0 Å². The van der Waals surface area contributed by atoms with Crippen LogP contribution in [0, 0.1) is 5.92 Å². The number of halogens is 1. The molecule has 1 saturated heterocycles. The molecule has 6 nitrogen and oxygen atoms in total. The van der Waals surface area contributed by atoms with Crippen LogP contribution in [0.15, 0.2) is 4.99 Å². The van der Waals surface area contributed by atoms with Gasteiger partial charge >= 0.3 is 0 Å². The van der Waals surface area contributed by atoms with Gasteiger partial charge in [-0.1, -0.05) is 0 Å². The lowest BCUT2D eigenvalue weighted by Gasteiger charge is -2.30. The molecule has 1 rings (SSSR count). The van der Waals surface area contributed by atoms with Gasteiger partial charge in [0, 0.05) is 47.8 Å². The normalized spacial score (nSPS) is 17.2. The maximum atomic E-state index is 11.4. The Bertz CT molecular complexity index is 405. The van der Waals surface area contributed by atoms with Gasteiger partial charge < -0.3 is 9.80 Å². The summed E-state index contributed by atoms with van der Waals surface area (Å²) in [6.45, 7) is 2.01. The molecular formula is C12H27IN4O2S. The van der Waals surface area contributed by atoms with Gasteiger partial charge in [-0.15, -0.1) is 24.0 Å². The van der Waals surface area contributed by atoms with Crippen LogP contribution in [-0.4, -0.2) is 82.6 Å². The summed E-state index contributed by atoms with van der Waals surface area (Å²) < 4.78 is 24.4. The van der Waals surface area contributed by atoms with Gasteiger partial charge in [-0.3, -0.25) is 4.99 Å². The smallest absolute Gasteiger partial charge is 0.211 e. The molecule has 0 atom stereocenters. The zero-order chi connectivity index (χ0) is 14.6. The Morgan fingerprint density at radius 1 is 1.15 bits per heavy atom. The summed E-state index contributed by atoms with van der Waals surface area (Å²) in [7, 11) is 4.88. The molecule has 0 aromatic heterocycles. The highest BCUT2D eigenvalue weighted by atomic mass is 127. The third-order valence-electron chi connectivity index (χ3n) is 3.33. The van der Waals surface area contributed by atoms with Gasteiger partial charge in [-0.25, -0.2) is 12.7 Å². The summed E-state index contributed by atoms with van der Waals surface area (Å²) in [6.07, 6.45) is 3.07. The summed E-state index contributed by atoms with van der Waals surface area (Å²) in [5, 5.41) is 0. The molecule has 0 unspecified atom stereocenters. The van der Waals surface area contributed by atoms with Crippen LogP contribution in [0.4, 0.5) is 0 Å². The monoisotopic (exact) mass is 418 g/mol. The number of rotatable bonds is 3. The maximum absolute atomic E-state index is 11.4. The Kier molecular flexibility index (Phi) is 8.34. The molecule has 1 aliphatic heterocycles. The lowest BCUT2D eigenvalue weighted by atomic mass is 9.98. The van der Waals surface area contributed by atoms with E-state index in [2.05, 4.69) is 4.99 Å². The molecule has 0 aromatic carbocycles. The van der Waals surface area contributed by atoms with Gasteiger partial charge in [0.15, 0.2) is 5.96 Å². The average Bonchev–Trinajstić information content (AvgIpc) is 2.27. The molecule has 0 radical (unpaired) electrons. The van der Waals surface area contributed by atoms with E-state index in [1.54, 1.807) is 4.31 Å². The second kappa shape index (κ2) is 8.38. The van der Waals surface area contributed by atoms with Crippen molar-refractivity contribution < 1.29 is 8.42 Å². The van der Waals surface area contributed by atoms with Crippen molar-refractivity contribution in [3.63, 3.8) is 0 Å². The highest BCUT2D eigenvalue weighted by molar-refractivity contribution is 14.0. The zero-order valence-electron chi connectivity index (χ0n) is 13.0. The minimum atomic E-state index is -3.03. The first-order valence-corrected chi connectivity index (χ1v) is 8.41. The van der Waals surface area contributed by atoms with E-state index in [4.69, 9.17) is 0 Å². The fourth-order valence-electron chi connectivity index (χ4n) is 2.32. The van der Waals surface area contributed by atoms with E-state index in [0.29, 0.717) is 19.0 Å². The Morgan fingerprint density at radius 2 is 1.60 bits per heavy atom. The molecule has 0 bridgehead atoms. The summed E-state index contributed by atoms with van der Waals surface area (Å²) in [4.78, 5) is 8.62. The number of piperidine rings is 1. The number of hydrogen-bond acceptors (Lipinski definition) is 3. The second-order valence-corrected chi connectivity index (χ2v) is 7.52. The molecule has 0 N–H and O–H groups in total. The molecule has 0 amide bonds. The molecule has 0 aromatic rings. The van der Waals surface area contributed by atoms with Crippen LogP contribution in [0.1, 0.15) is 12.8 Å².